The number of H-pyrrole nitrogens is 1. The maximum atomic E-state index is 5.72. The minimum absolute atomic E-state index is 0.396. The van der Waals surface area contributed by atoms with E-state index in [4.69, 9.17) is 18.1 Å². The van der Waals surface area contributed by atoms with E-state index in [2.05, 4.69) is 10.2 Å². The SMILES string of the molecule is CN(c1ccccc1)c1n[nH]c(=S)n1N. The zero-order valence-corrected chi connectivity index (χ0v) is 9.03. The normalized spacial score (nSPS) is 10.2. The number of nitrogens with zero attached hydrogens (tertiary/aromatic N) is 3. The van der Waals surface area contributed by atoms with E-state index >= 15 is 0 Å². The minimum Gasteiger partial charge on any atom is -0.334 e. The van der Waals surface area contributed by atoms with E-state index in [1.807, 2.05) is 42.3 Å². The number of nitrogen functional groups attached to an aromatic ring is 1. The molecule has 0 aliphatic rings. The van der Waals surface area contributed by atoms with Gasteiger partial charge in [-0.3, -0.25) is 0 Å². The summed E-state index contributed by atoms with van der Waals surface area (Å²) in [5.41, 5.74) is 0.998. The highest BCUT2D eigenvalue weighted by Crippen LogP contribution is 2.19. The van der Waals surface area contributed by atoms with Gasteiger partial charge in [-0.25, -0.2) is 9.77 Å². The van der Waals surface area contributed by atoms with Crippen LogP contribution in [0.5, 0.6) is 0 Å². The van der Waals surface area contributed by atoms with Gasteiger partial charge in [0.25, 0.3) is 0 Å². The third kappa shape index (κ3) is 1.71. The van der Waals surface area contributed by atoms with Crippen LogP contribution in [0.15, 0.2) is 30.3 Å². The first-order valence-electron chi connectivity index (χ1n) is 4.41. The van der Waals surface area contributed by atoms with Crippen LogP contribution in [0.3, 0.4) is 0 Å². The molecular weight excluding hydrogens is 210 g/mol. The van der Waals surface area contributed by atoms with Crippen LogP contribution in [-0.4, -0.2) is 21.9 Å². The van der Waals surface area contributed by atoms with E-state index in [-0.39, 0.29) is 0 Å². The highest BCUT2D eigenvalue weighted by atomic mass is 32.1. The van der Waals surface area contributed by atoms with E-state index in [0.29, 0.717) is 10.7 Å². The Morgan fingerprint density at radius 3 is 2.60 bits per heavy atom. The summed E-state index contributed by atoms with van der Waals surface area (Å²) < 4.78 is 1.73. The lowest BCUT2D eigenvalue weighted by Gasteiger charge is -2.16. The van der Waals surface area contributed by atoms with Gasteiger partial charge in [-0.15, -0.1) is 5.10 Å². The molecule has 0 bridgehead atoms. The van der Waals surface area contributed by atoms with Crippen molar-refractivity contribution in [3.05, 3.63) is 35.1 Å². The number of para-hydroxylation sites is 1. The van der Waals surface area contributed by atoms with E-state index in [9.17, 15) is 0 Å². The van der Waals surface area contributed by atoms with Gasteiger partial charge in [0.1, 0.15) is 0 Å². The number of hydrogen-bond donors (Lipinski definition) is 2. The van der Waals surface area contributed by atoms with Crippen LogP contribution in [0, 0.1) is 4.77 Å². The summed E-state index contributed by atoms with van der Waals surface area (Å²) >= 11 is 4.94. The summed E-state index contributed by atoms with van der Waals surface area (Å²) in [5.74, 6) is 6.29. The Balaban J connectivity index is 2.41. The highest BCUT2D eigenvalue weighted by Gasteiger charge is 2.09. The van der Waals surface area contributed by atoms with Gasteiger partial charge in [0, 0.05) is 12.7 Å². The first-order valence-corrected chi connectivity index (χ1v) is 4.82. The molecule has 0 unspecified atom stereocenters. The molecule has 0 radical (unpaired) electrons. The van der Waals surface area contributed by atoms with Crippen LogP contribution in [0.2, 0.25) is 0 Å². The number of aromatic nitrogens is 3. The van der Waals surface area contributed by atoms with E-state index in [1.165, 1.54) is 4.68 Å². The standard InChI is InChI=1S/C9H11N5S/c1-13(7-5-3-2-4-6-7)8-11-12-9(15)14(8)10/h2-6H,10H2,1H3,(H,12,15). The molecule has 5 nitrogen and oxygen atoms in total. The second-order valence-electron chi connectivity index (χ2n) is 3.09. The lowest BCUT2D eigenvalue weighted by molar-refractivity contribution is 0.938. The maximum absolute atomic E-state index is 5.72. The van der Waals surface area contributed by atoms with Gasteiger partial charge in [-0.05, 0) is 24.4 Å². The zero-order chi connectivity index (χ0) is 10.8. The topological polar surface area (TPSA) is 62.9 Å². The lowest BCUT2D eigenvalue weighted by Crippen LogP contribution is -2.19. The Kier molecular flexibility index (Phi) is 2.42. The zero-order valence-electron chi connectivity index (χ0n) is 8.21. The molecule has 2 aromatic rings. The first-order chi connectivity index (χ1) is 7.20. The second kappa shape index (κ2) is 3.74. The molecule has 0 spiro atoms. The van der Waals surface area contributed by atoms with Crippen molar-refractivity contribution in [2.45, 2.75) is 0 Å². The van der Waals surface area contributed by atoms with Crippen molar-refractivity contribution >= 4 is 23.9 Å². The predicted octanol–water partition coefficient (Wildman–Crippen LogP) is 1.42. The largest absolute Gasteiger partial charge is 0.334 e. The molecule has 0 aliphatic carbocycles. The van der Waals surface area contributed by atoms with Crippen LogP contribution in [0.4, 0.5) is 11.6 Å². The summed E-state index contributed by atoms with van der Waals surface area (Å²) in [4.78, 5) is 1.85. The van der Waals surface area contributed by atoms with Crippen LogP contribution >= 0.6 is 12.2 Å². The number of anilines is 2. The Labute approximate surface area is 92.1 Å². The second-order valence-corrected chi connectivity index (χ2v) is 3.48. The fourth-order valence-corrected chi connectivity index (χ4v) is 1.43. The molecule has 0 atom stereocenters. The van der Waals surface area contributed by atoms with Gasteiger partial charge in [-0.1, -0.05) is 18.2 Å². The van der Waals surface area contributed by atoms with E-state index in [0.717, 1.165) is 5.69 Å². The van der Waals surface area contributed by atoms with Gasteiger partial charge in [-0.2, -0.15) is 0 Å². The molecule has 3 N–H and O–H groups in total. The molecule has 2 rings (SSSR count). The molecular formula is C9H11N5S. The van der Waals surface area contributed by atoms with Crippen molar-refractivity contribution in [3.63, 3.8) is 0 Å². The lowest BCUT2D eigenvalue weighted by atomic mass is 10.3. The van der Waals surface area contributed by atoms with Crippen LogP contribution < -0.4 is 10.7 Å². The molecule has 15 heavy (non-hydrogen) atoms. The van der Waals surface area contributed by atoms with Crippen molar-refractivity contribution < 1.29 is 0 Å². The molecule has 1 aromatic heterocycles. The molecule has 0 amide bonds. The van der Waals surface area contributed by atoms with Crippen molar-refractivity contribution in [1.82, 2.24) is 14.9 Å². The van der Waals surface area contributed by atoms with Crippen LogP contribution in [0.25, 0.3) is 0 Å². The average Bonchev–Trinajstić information content (AvgIpc) is 2.60. The van der Waals surface area contributed by atoms with Crippen LogP contribution in [-0.2, 0) is 0 Å². The predicted molar refractivity (Wildman–Crippen MR) is 62.1 cm³/mol. The number of nitrogens with one attached hydrogen (secondary N) is 1. The summed E-state index contributed by atoms with van der Waals surface area (Å²) in [6, 6.07) is 9.80. The number of nitrogens with two attached hydrogens (primary N) is 1. The third-order valence-corrected chi connectivity index (χ3v) is 2.42. The van der Waals surface area contributed by atoms with Crippen molar-refractivity contribution in [1.29, 1.82) is 0 Å². The number of rotatable bonds is 2. The van der Waals surface area contributed by atoms with Crippen molar-refractivity contribution in [2.75, 3.05) is 17.8 Å². The van der Waals surface area contributed by atoms with Crippen molar-refractivity contribution in [2.24, 2.45) is 0 Å². The maximum Gasteiger partial charge on any atom is 0.248 e. The fraction of sp³-hybridized carbons (Fsp3) is 0.111. The summed E-state index contributed by atoms with van der Waals surface area (Å²) in [6.07, 6.45) is 0. The number of aromatic amines is 1. The molecule has 1 aromatic carbocycles. The smallest absolute Gasteiger partial charge is 0.248 e. The van der Waals surface area contributed by atoms with Gasteiger partial charge in [0.2, 0.25) is 10.7 Å². The summed E-state index contributed by atoms with van der Waals surface area (Å²) in [6.45, 7) is 0. The Morgan fingerprint density at radius 1 is 1.40 bits per heavy atom. The molecule has 0 saturated carbocycles. The monoisotopic (exact) mass is 221 g/mol. The Hall–Kier alpha value is -1.82. The Morgan fingerprint density at radius 2 is 2.07 bits per heavy atom. The van der Waals surface area contributed by atoms with E-state index in [1.54, 1.807) is 0 Å². The van der Waals surface area contributed by atoms with Crippen molar-refractivity contribution in [3.8, 4) is 0 Å². The van der Waals surface area contributed by atoms with E-state index < -0.39 is 0 Å². The number of benzene rings is 1. The molecule has 0 fully saturated rings. The first kappa shape index (κ1) is 9.72. The average molecular weight is 221 g/mol. The van der Waals surface area contributed by atoms with Crippen LogP contribution in [0.1, 0.15) is 0 Å². The minimum atomic E-state index is 0.396. The molecule has 0 aliphatic heterocycles. The van der Waals surface area contributed by atoms with Gasteiger partial charge in [0.15, 0.2) is 0 Å². The molecule has 0 saturated heterocycles. The third-order valence-electron chi connectivity index (χ3n) is 2.13. The molecule has 1 heterocycles. The molecule has 78 valence electrons. The number of hydrogen-bond acceptors (Lipinski definition) is 4. The quantitative estimate of drug-likeness (QED) is 0.594. The fourth-order valence-electron chi connectivity index (χ4n) is 1.30. The van der Waals surface area contributed by atoms with Gasteiger partial charge in [0.05, 0.1) is 0 Å². The summed E-state index contributed by atoms with van der Waals surface area (Å²) in [5, 5.41) is 6.68. The highest BCUT2D eigenvalue weighted by molar-refractivity contribution is 7.71. The Bertz CT molecular complexity index is 501. The summed E-state index contributed by atoms with van der Waals surface area (Å²) in [7, 11) is 1.88. The van der Waals surface area contributed by atoms with Gasteiger partial charge < -0.3 is 10.7 Å². The van der Waals surface area contributed by atoms with Gasteiger partial charge >= 0.3 is 0 Å². The molecule has 6 heteroatoms.